The fourth-order valence-corrected chi connectivity index (χ4v) is 3.38. The Hall–Kier alpha value is -1.94. The van der Waals surface area contributed by atoms with E-state index in [0.717, 1.165) is 24.4 Å². The molecule has 0 bridgehead atoms. The van der Waals surface area contributed by atoms with Gasteiger partial charge in [-0.05, 0) is 39.8 Å². The molecule has 1 aromatic rings. The van der Waals surface area contributed by atoms with E-state index in [9.17, 15) is 9.59 Å². The molecule has 1 aliphatic heterocycles. The Morgan fingerprint density at radius 2 is 1.65 bits per heavy atom. The van der Waals surface area contributed by atoms with Gasteiger partial charge in [-0.2, -0.15) is 0 Å². The smallest absolute Gasteiger partial charge is 0.233 e. The Morgan fingerprint density at radius 1 is 1.00 bits per heavy atom. The van der Waals surface area contributed by atoms with Gasteiger partial charge < -0.3 is 5.32 Å². The van der Waals surface area contributed by atoms with Crippen molar-refractivity contribution in [2.45, 2.75) is 39.2 Å². The number of carbonyl (C=O) groups excluding carboxylic acids is 2. The number of nitrogens with one attached hydrogen (secondary N) is 1. The summed E-state index contributed by atoms with van der Waals surface area (Å²) in [6.07, 6.45) is 3.58. The summed E-state index contributed by atoms with van der Waals surface area (Å²) in [5, 5.41) is 3.41. The van der Waals surface area contributed by atoms with Crippen LogP contribution in [0.5, 0.6) is 0 Å². The summed E-state index contributed by atoms with van der Waals surface area (Å²) in [7, 11) is 0. The highest BCUT2D eigenvalue weighted by atomic mass is 16.2. The van der Waals surface area contributed by atoms with E-state index >= 15 is 0 Å². The molecule has 0 amide bonds. The molecule has 2 aliphatic rings. The second kappa shape index (κ2) is 6.67. The number of piperidine rings is 1. The highest BCUT2D eigenvalue weighted by Gasteiger charge is 2.33. The Morgan fingerprint density at radius 3 is 2.30 bits per heavy atom. The molecule has 1 aromatic carbocycles. The van der Waals surface area contributed by atoms with Crippen molar-refractivity contribution < 1.29 is 9.59 Å². The predicted molar refractivity (Wildman–Crippen MR) is 91.3 cm³/mol. The topological polar surface area (TPSA) is 49.4 Å². The van der Waals surface area contributed by atoms with E-state index in [1.165, 1.54) is 19.3 Å². The van der Waals surface area contributed by atoms with Gasteiger partial charge in [-0.1, -0.05) is 30.7 Å². The van der Waals surface area contributed by atoms with Crippen LogP contribution >= 0.6 is 0 Å². The Kier molecular flexibility index (Phi) is 4.62. The summed E-state index contributed by atoms with van der Waals surface area (Å²) in [6, 6.07) is 7.61. The summed E-state index contributed by atoms with van der Waals surface area (Å²) in [6.45, 7) is 6.67. The van der Waals surface area contributed by atoms with Crippen LogP contribution in [0.3, 0.4) is 0 Å². The van der Waals surface area contributed by atoms with Crippen molar-refractivity contribution in [1.29, 1.82) is 0 Å². The van der Waals surface area contributed by atoms with Crippen LogP contribution < -0.4 is 5.32 Å². The molecule has 0 radical (unpaired) electrons. The largest absolute Gasteiger partial charge is 0.382 e. The molecule has 0 saturated carbocycles. The van der Waals surface area contributed by atoms with E-state index in [1.807, 2.05) is 18.2 Å². The lowest BCUT2D eigenvalue weighted by molar-refractivity contribution is -0.112. The first-order valence-corrected chi connectivity index (χ1v) is 8.48. The van der Waals surface area contributed by atoms with Crippen LogP contribution in [0.4, 0.5) is 0 Å². The second-order valence-electron chi connectivity index (χ2n) is 6.69. The van der Waals surface area contributed by atoms with Gasteiger partial charge in [-0.15, -0.1) is 0 Å². The minimum Gasteiger partial charge on any atom is -0.382 e. The van der Waals surface area contributed by atoms with E-state index in [2.05, 4.69) is 24.1 Å². The van der Waals surface area contributed by atoms with Crippen molar-refractivity contribution in [2.24, 2.45) is 0 Å². The van der Waals surface area contributed by atoms with Crippen molar-refractivity contribution in [2.75, 3.05) is 19.6 Å². The molecule has 1 heterocycles. The van der Waals surface area contributed by atoms with Gasteiger partial charge in [-0.3, -0.25) is 14.5 Å². The highest BCUT2D eigenvalue weighted by molar-refractivity contribution is 6.52. The molecule has 1 saturated heterocycles. The number of hydrogen-bond donors (Lipinski definition) is 1. The van der Waals surface area contributed by atoms with E-state index in [1.54, 1.807) is 6.07 Å². The molecule has 23 heavy (non-hydrogen) atoms. The van der Waals surface area contributed by atoms with Gasteiger partial charge in [0.2, 0.25) is 11.6 Å². The van der Waals surface area contributed by atoms with Crippen LogP contribution in [0.1, 0.15) is 49.0 Å². The van der Waals surface area contributed by atoms with Gasteiger partial charge in [0.05, 0.1) is 5.70 Å². The van der Waals surface area contributed by atoms with Crippen molar-refractivity contribution >= 4 is 17.3 Å². The first kappa shape index (κ1) is 15.9. The van der Waals surface area contributed by atoms with Crippen LogP contribution in [-0.2, 0) is 4.79 Å². The lowest BCUT2D eigenvalue weighted by atomic mass is 9.86. The summed E-state index contributed by atoms with van der Waals surface area (Å²) >= 11 is 0. The molecular weight excluding hydrogens is 288 g/mol. The maximum Gasteiger partial charge on any atom is 0.233 e. The molecule has 0 spiro atoms. The number of hydrogen-bond acceptors (Lipinski definition) is 4. The first-order chi connectivity index (χ1) is 11.1. The SMILES string of the molecule is CC(C)NC1=C(CN2CCCCC2)C(=O)C(=O)c2ccccc21. The third kappa shape index (κ3) is 3.22. The summed E-state index contributed by atoms with van der Waals surface area (Å²) in [5.74, 6) is -0.723. The van der Waals surface area contributed by atoms with E-state index in [0.29, 0.717) is 17.7 Å². The molecule has 0 aromatic heterocycles. The maximum absolute atomic E-state index is 12.7. The van der Waals surface area contributed by atoms with Crippen molar-refractivity contribution in [1.82, 2.24) is 10.2 Å². The molecule has 1 fully saturated rings. The zero-order valence-corrected chi connectivity index (χ0v) is 13.9. The van der Waals surface area contributed by atoms with E-state index < -0.39 is 0 Å². The molecule has 1 N–H and O–H groups in total. The molecular formula is C19H24N2O2. The fraction of sp³-hybridized carbons (Fsp3) is 0.474. The van der Waals surface area contributed by atoms with Gasteiger partial charge in [0.25, 0.3) is 0 Å². The number of benzene rings is 1. The van der Waals surface area contributed by atoms with Gasteiger partial charge in [0.1, 0.15) is 0 Å². The van der Waals surface area contributed by atoms with E-state index in [4.69, 9.17) is 0 Å². The number of carbonyl (C=O) groups is 2. The zero-order chi connectivity index (χ0) is 16.4. The number of Topliss-reactive ketones (excluding diaryl/α,β-unsaturated/α-hetero) is 2. The average Bonchev–Trinajstić information content (AvgIpc) is 2.56. The quantitative estimate of drug-likeness (QED) is 0.868. The second-order valence-corrected chi connectivity index (χ2v) is 6.69. The first-order valence-electron chi connectivity index (χ1n) is 8.48. The zero-order valence-electron chi connectivity index (χ0n) is 13.9. The number of nitrogens with zero attached hydrogens (tertiary/aromatic N) is 1. The van der Waals surface area contributed by atoms with Crippen LogP contribution in [0.2, 0.25) is 0 Å². The highest BCUT2D eigenvalue weighted by Crippen LogP contribution is 2.29. The minimum absolute atomic E-state index is 0.204. The Bertz CT molecular complexity index is 655. The molecule has 122 valence electrons. The van der Waals surface area contributed by atoms with E-state index in [-0.39, 0.29) is 17.6 Å². The fourth-order valence-electron chi connectivity index (χ4n) is 3.38. The third-order valence-corrected chi connectivity index (χ3v) is 4.49. The lowest BCUT2D eigenvalue weighted by Crippen LogP contribution is -2.39. The Balaban J connectivity index is 2.03. The summed E-state index contributed by atoms with van der Waals surface area (Å²) in [5.41, 5.74) is 2.84. The summed E-state index contributed by atoms with van der Waals surface area (Å²) < 4.78 is 0. The third-order valence-electron chi connectivity index (χ3n) is 4.49. The predicted octanol–water partition coefficient (Wildman–Crippen LogP) is 2.65. The molecule has 4 heteroatoms. The molecule has 0 unspecified atom stereocenters. The minimum atomic E-state index is -0.373. The van der Waals surface area contributed by atoms with Gasteiger partial charge in [-0.25, -0.2) is 0 Å². The molecule has 1 aliphatic carbocycles. The van der Waals surface area contributed by atoms with Crippen LogP contribution in [-0.4, -0.2) is 42.1 Å². The van der Waals surface area contributed by atoms with Crippen LogP contribution in [0.15, 0.2) is 29.8 Å². The van der Waals surface area contributed by atoms with Crippen LogP contribution in [0, 0.1) is 0 Å². The average molecular weight is 312 g/mol. The van der Waals surface area contributed by atoms with Crippen molar-refractivity contribution in [3.63, 3.8) is 0 Å². The Labute approximate surface area is 137 Å². The monoisotopic (exact) mass is 312 g/mol. The van der Waals surface area contributed by atoms with Crippen molar-refractivity contribution in [3.8, 4) is 0 Å². The number of rotatable bonds is 4. The standard InChI is InChI=1S/C19H24N2O2/c1-13(2)20-17-14-8-4-5-9-15(14)18(22)19(23)16(17)12-21-10-6-3-7-11-21/h4-5,8-9,13,20H,3,6-7,10-12H2,1-2H3. The maximum atomic E-state index is 12.7. The van der Waals surface area contributed by atoms with Crippen LogP contribution in [0.25, 0.3) is 5.70 Å². The number of fused-ring (bicyclic) bond motifs is 1. The number of ketones is 2. The molecule has 3 rings (SSSR count). The lowest BCUT2D eigenvalue weighted by Gasteiger charge is -2.30. The normalized spacial score (nSPS) is 19.3. The molecule has 4 nitrogen and oxygen atoms in total. The molecule has 0 atom stereocenters. The number of likely N-dealkylation sites (tertiary alicyclic amines) is 1. The van der Waals surface area contributed by atoms with Gasteiger partial charge in [0, 0.05) is 29.3 Å². The van der Waals surface area contributed by atoms with Crippen molar-refractivity contribution in [3.05, 3.63) is 41.0 Å². The van der Waals surface area contributed by atoms with Gasteiger partial charge >= 0.3 is 0 Å². The summed E-state index contributed by atoms with van der Waals surface area (Å²) in [4.78, 5) is 27.4. The van der Waals surface area contributed by atoms with Gasteiger partial charge in [0.15, 0.2) is 0 Å².